The minimum absolute atomic E-state index is 0.213. The molecule has 0 aliphatic carbocycles. The summed E-state index contributed by atoms with van der Waals surface area (Å²) >= 11 is 5.93. The number of halogens is 3. The molecule has 0 saturated heterocycles. The minimum Gasteiger partial charge on any atom is -0.458 e. The molecule has 2 rings (SSSR count). The molecule has 2 nitrogen and oxygen atoms in total. The van der Waals surface area contributed by atoms with Crippen LogP contribution in [0.2, 0.25) is 5.02 Å². The highest BCUT2D eigenvalue weighted by Crippen LogP contribution is 2.31. The number of benzene rings is 1. The number of alkyl halides is 2. The molecule has 0 bridgehead atoms. The first-order chi connectivity index (χ1) is 8.13. The van der Waals surface area contributed by atoms with Gasteiger partial charge in [-0.3, -0.25) is 0 Å². The van der Waals surface area contributed by atoms with Gasteiger partial charge >= 0.3 is 0 Å². The lowest BCUT2D eigenvalue weighted by molar-refractivity contribution is 0.0897. The van der Waals surface area contributed by atoms with E-state index in [1.165, 1.54) is 0 Å². The van der Waals surface area contributed by atoms with Crippen molar-refractivity contribution >= 4 is 22.6 Å². The zero-order valence-corrected chi connectivity index (χ0v) is 9.97. The quantitative estimate of drug-likeness (QED) is 0.898. The number of rotatable bonds is 4. The lowest BCUT2D eigenvalue weighted by Gasteiger charge is -2.13. The molecular formula is C12H12ClF2NO. The lowest BCUT2D eigenvalue weighted by Crippen LogP contribution is -2.26. The molecule has 0 fully saturated rings. The average molecular weight is 260 g/mol. The second kappa shape index (κ2) is 5.02. The maximum absolute atomic E-state index is 12.8. The van der Waals surface area contributed by atoms with E-state index in [1.54, 1.807) is 31.2 Å². The monoisotopic (exact) mass is 259 g/mol. The number of furan rings is 1. The molecular weight excluding hydrogens is 248 g/mol. The van der Waals surface area contributed by atoms with Gasteiger partial charge in [-0.2, -0.15) is 0 Å². The maximum Gasteiger partial charge on any atom is 0.260 e. The Morgan fingerprint density at radius 1 is 1.41 bits per heavy atom. The van der Waals surface area contributed by atoms with E-state index in [0.29, 0.717) is 17.2 Å². The Morgan fingerprint density at radius 2 is 2.18 bits per heavy atom. The SMILES string of the molecule is CCNC(c1cc2cccc(Cl)c2o1)C(F)F. The Kier molecular flexibility index (Phi) is 3.64. The normalized spacial score (nSPS) is 13.5. The summed E-state index contributed by atoms with van der Waals surface area (Å²) in [7, 11) is 0. The molecule has 92 valence electrons. The Labute approximate surface area is 103 Å². The van der Waals surface area contributed by atoms with Crippen molar-refractivity contribution in [2.24, 2.45) is 0 Å². The van der Waals surface area contributed by atoms with E-state index in [0.717, 1.165) is 5.39 Å². The third-order valence-corrected chi connectivity index (χ3v) is 2.80. The van der Waals surface area contributed by atoms with Gasteiger partial charge < -0.3 is 9.73 Å². The van der Waals surface area contributed by atoms with Gasteiger partial charge in [0.05, 0.1) is 5.02 Å². The van der Waals surface area contributed by atoms with Crippen molar-refractivity contribution in [1.29, 1.82) is 0 Å². The lowest BCUT2D eigenvalue weighted by atomic mass is 10.2. The summed E-state index contributed by atoms with van der Waals surface area (Å²) < 4.78 is 31.1. The van der Waals surface area contributed by atoms with Crippen LogP contribution in [0.5, 0.6) is 0 Å². The van der Waals surface area contributed by atoms with Gasteiger partial charge in [0.15, 0.2) is 5.58 Å². The first kappa shape index (κ1) is 12.3. The van der Waals surface area contributed by atoms with Gasteiger partial charge in [0.2, 0.25) is 0 Å². The summed E-state index contributed by atoms with van der Waals surface area (Å²) in [6, 6.07) is 5.71. The molecule has 1 aromatic carbocycles. The molecule has 1 unspecified atom stereocenters. The van der Waals surface area contributed by atoms with Gasteiger partial charge in [-0.05, 0) is 18.7 Å². The van der Waals surface area contributed by atoms with Crippen molar-refractivity contribution in [1.82, 2.24) is 5.32 Å². The molecule has 5 heteroatoms. The largest absolute Gasteiger partial charge is 0.458 e. The Bertz CT molecular complexity index is 512. The number of nitrogens with one attached hydrogen (secondary N) is 1. The summed E-state index contributed by atoms with van der Waals surface area (Å²) in [5, 5.41) is 3.85. The van der Waals surface area contributed by atoms with Crippen molar-refractivity contribution in [3.05, 3.63) is 35.0 Å². The van der Waals surface area contributed by atoms with E-state index < -0.39 is 12.5 Å². The van der Waals surface area contributed by atoms with Crippen molar-refractivity contribution < 1.29 is 13.2 Å². The van der Waals surface area contributed by atoms with Gasteiger partial charge in [0, 0.05) is 5.39 Å². The summed E-state index contributed by atoms with van der Waals surface area (Å²) in [6.07, 6.45) is -2.52. The highest BCUT2D eigenvalue weighted by atomic mass is 35.5. The average Bonchev–Trinajstić information content (AvgIpc) is 2.70. The zero-order chi connectivity index (χ0) is 12.4. The first-order valence-electron chi connectivity index (χ1n) is 5.33. The fourth-order valence-corrected chi connectivity index (χ4v) is 1.95. The van der Waals surface area contributed by atoms with Crippen LogP contribution in [0.4, 0.5) is 8.78 Å². The number of para-hydroxylation sites is 1. The molecule has 0 radical (unpaired) electrons. The minimum atomic E-state index is -2.52. The molecule has 1 heterocycles. The summed E-state index contributed by atoms with van der Waals surface area (Å²) in [5.74, 6) is 0.213. The molecule has 0 aliphatic rings. The standard InChI is InChI=1S/C12H12ClF2NO/c1-2-16-10(12(14)15)9-6-7-4-3-5-8(13)11(7)17-9/h3-6,10,12,16H,2H2,1H3. The third kappa shape index (κ3) is 2.42. The van der Waals surface area contributed by atoms with Crippen LogP contribution in [0, 0.1) is 0 Å². The van der Waals surface area contributed by atoms with Crippen LogP contribution in [-0.2, 0) is 0 Å². The topological polar surface area (TPSA) is 25.2 Å². The molecule has 1 aromatic heterocycles. The number of hydrogen-bond acceptors (Lipinski definition) is 2. The predicted octanol–water partition coefficient (Wildman–Crippen LogP) is 4.00. The fraction of sp³-hybridized carbons (Fsp3) is 0.333. The van der Waals surface area contributed by atoms with E-state index >= 15 is 0 Å². The van der Waals surface area contributed by atoms with Crippen molar-refractivity contribution in [3.63, 3.8) is 0 Å². The summed E-state index contributed by atoms with van der Waals surface area (Å²) in [6.45, 7) is 2.21. The van der Waals surface area contributed by atoms with Crippen molar-refractivity contribution in [3.8, 4) is 0 Å². The summed E-state index contributed by atoms with van der Waals surface area (Å²) in [5.41, 5.74) is 0.452. The highest BCUT2D eigenvalue weighted by molar-refractivity contribution is 6.34. The van der Waals surface area contributed by atoms with Crippen LogP contribution in [0.15, 0.2) is 28.7 Å². The Morgan fingerprint density at radius 3 is 2.76 bits per heavy atom. The van der Waals surface area contributed by atoms with Gasteiger partial charge in [0.1, 0.15) is 11.8 Å². The number of fused-ring (bicyclic) bond motifs is 1. The highest BCUT2D eigenvalue weighted by Gasteiger charge is 2.25. The van der Waals surface area contributed by atoms with Crippen LogP contribution in [0.1, 0.15) is 18.7 Å². The zero-order valence-electron chi connectivity index (χ0n) is 9.21. The van der Waals surface area contributed by atoms with Crippen molar-refractivity contribution in [2.45, 2.75) is 19.4 Å². The molecule has 0 amide bonds. The van der Waals surface area contributed by atoms with Gasteiger partial charge in [-0.1, -0.05) is 30.7 Å². The van der Waals surface area contributed by atoms with Gasteiger partial charge in [-0.15, -0.1) is 0 Å². The van der Waals surface area contributed by atoms with Crippen LogP contribution in [-0.4, -0.2) is 13.0 Å². The third-order valence-electron chi connectivity index (χ3n) is 2.50. The van der Waals surface area contributed by atoms with Crippen LogP contribution >= 0.6 is 11.6 Å². The summed E-state index contributed by atoms with van der Waals surface area (Å²) in [4.78, 5) is 0. The first-order valence-corrected chi connectivity index (χ1v) is 5.70. The predicted molar refractivity (Wildman–Crippen MR) is 63.6 cm³/mol. The van der Waals surface area contributed by atoms with Crippen molar-refractivity contribution in [2.75, 3.05) is 6.54 Å². The van der Waals surface area contributed by atoms with Crippen LogP contribution in [0.3, 0.4) is 0 Å². The maximum atomic E-state index is 12.8. The smallest absolute Gasteiger partial charge is 0.260 e. The van der Waals surface area contributed by atoms with Gasteiger partial charge in [0.25, 0.3) is 6.43 Å². The van der Waals surface area contributed by atoms with E-state index in [2.05, 4.69) is 5.32 Å². The molecule has 0 spiro atoms. The Balaban J connectivity index is 2.44. The van der Waals surface area contributed by atoms with E-state index in [4.69, 9.17) is 16.0 Å². The molecule has 2 aromatic rings. The molecule has 17 heavy (non-hydrogen) atoms. The molecule has 0 aliphatic heterocycles. The second-order valence-corrected chi connectivity index (χ2v) is 4.08. The van der Waals surface area contributed by atoms with E-state index in [1.807, 2.05) is 0 Å². The fourth-order valence-electron chi connectivity index (χ4n) is 1.73. The van der Waals surface area contributed by atoms with E-state index in [-0.39, 0.29) is 5.76 Å². The van der Waals surface area contributed by atoms with Gasteiger partial charge in [-0.25, -0.2) is 8.78 Å². The van der Waals surface area contributed by atoms with E-state index in [9.17, 15) is 8.78 Å². The second-order valence-electron chi connectivity index (χ2n) is 3.68. The molecule has 0 saturated carbocycles. The van der Waals surface area contributed by atoms with Crippen LogP contribution < -0.4 is 5.32 Å². The Hall–Kier alpha value is -1.13. The van der Waals surface area contributed by atoms with Crippen LogP contribution in [0.25, 0.3) is 11.0 Å². The molecule has 1 N–H and O–H groups in total. The molecule has 1 atom stereocenters. The number of hydrogen-bond donors (Lipinski definition) is 1.